The van der Waals surface area contributed by atoms with E-state index in [-0.39, 0.29) is 29.7 Å². The Labute approximate surface area is 109 Å². The van der Waals surface area contributed by atoms with Crippen LogP contribution in [0.25, 0.3) is 0 Å². The number of rotatable bonds is 6. The van der Waals surface area contributed by atoms with Crippen LogP contribution in [0.1, 0.15) is 41.0 Å². The maximum absolute atomic E-state index is 12.0. The maximum atomic E-state index is 12.0. The fourth-order valence-corrected chi connectivity index (χ4v) is 1.81. The van der Waals surface area contributed by atoms with E-state index in [2.05, 4.69) is 5.32 Å². The first-order valence-corrected chi connectivity index (χ1v) is 6.31. The lowest BCUT2D eigenvalue weighted by atomic mass is 9.84. The van der Waals surface area contributed by atoms with Crippen molar-refractivity contribution in [2.75, 3.05) is 6.54 Å². The topological polar surface area (TPSA) is 92.4 Å². The number of carbonyl (C=O) groups is 2. The Kier molecular flexibility index (Phi) is 6.32. The number of nitrogens with two attached hydrogens (primary N) is 1. The number of hydrogen-bond donors (Lipinski definition) is 3. The lowest BCUT2D eigenvalue weighted by molar-refractivity contribution is -0.143. The molecule has 18 heavy (non-hydrogen) atoms. The van der Waals surface area contributed by atoms with E-state index in [4.69, 9.17) is 10.8 Å². The first-order valence-electron chi connectivity index (χ1n) is 6.31. The summed E-state index contributed by atoms with van der Waals surface area (Å²) in [6.45, 7) is 9.84. The molecule has 106 valence electrons. The highest BCUT2D eigenvalue weighted by Gasteiger charge is 2.29. The summed E-state index contributed by atoms with van der Waals surface area (Å²) in [7, 11) is 0. The molecule has 0 rings (SSSR count). The van der Waals surface area contributed by atoms with Crippen molar-refractivity contribution in [2.24, 2.45) is 23.0 Å². The first kappa shape index (κ1) is 16.9. The zero-order valence-corrected chi connectivity index (χ0v) is 12.0. The first-order chi connectivity index (χ1) is 8.08. The molecule has 0 aromatic rings. The van der Waals surface area contributed by atoms with Crippen LogP contribution in [0.2, 0.25) is 0 Å². The van der Waals surface area contributed by atoms with Crippen LogP contribution >= 0.6 is 0 Å². The highest BCUT2D eigenvalue weighted by Crippen LogP contribution is 2.24. The quantitative estimate of drug-likeness (QED) is 0.668. The molecule has 0 spiro atoms. The Morgan fingerprint density at radius 1 is 1.28 bits per heavy atom. The highest BCUT2D eigenvalue weighted by atomic mass is 16.4. The standard InChI is InChI=1S/C13H26N2O3/c1-8(2)10(12(17)18)15-11(16)9(7-14)6-13(3,4)5/h8-10H,6-7,14H2,1-5H3,(H,15,16)(H,17,18)/t9?,10-/m1/s1. The third-order valence-corrected chi connectivity index (χ3v) is 2.74. The van der Waals surface area contributed by atoms with E-state index < -0.39 is 12.0 Å². The average molecular weight is 258 g/mol. The van der Waals surface area contributed by atoms with Crippen LogP contribution in [-0.4, -0.2) is 29.6 Å². The predicted molar refractivity (Wildman–Crippen MR) is 71.0 cm³/mol. The summed E-state index contributed by atoms with van der Waals surface area (Å²) in [5, 5.41) is 11.6. The van der Waals surface area contributed by atoms with Gasteiger partial charge in [0.1, 0.15) is 6.04 Å². The Morgan fingerprint density at radius 2 is 1.78 bits per heavy atom. The van der Waals surface area contributed by atoms with Crippen LogP contribution in [0.5, 0.6) is 0 Å². The molecular formula is C13H26N2O3. The highest BCUT2D eigenvalue weighted by molar-refractivity contribution is 5.85. The van der Waals surface area contributed by atoms with Gasteiger partial charge in [-0.05, 0) is 17.8 Å². The summed E-state index contributed by atoms with van der Waals surface area (Å²) in [6.07, 6.45) is 0.639. The molecule has 1 amide bonds. The van der Waals surface area contributed by atoms with E-state index in [0.29, 0.717) is 6.42 Å². The molecule has 0 radical (unpaired) electrons. The summed E-state index contributed by atoms with van der Waals surface area (Å²) in [5.41, 5.74) is 5.58. The molecule has 1 unspecified atom stereocenters. The SMILES string of the molecule is CC(C)[C@@H](NC(=O)C(CN)CC(C)(C)C)C(=O)O. The molecule has 0 aliphatic carbocycles. The van der Waals surface area contributed by atoms with E-state index in [1.54, 1.807) is 13.8 Å². The summed E-state index contributed by atoms with van der Waals surface area (Å²) in [6, 6.07) is -0.855. The summed E-state index contributed by atoms with van der Waals surface area (Å²) < 4.78 is 0. The van der Waals surface area contributed by atoms with Gasteiger partial charge in [-0.3, -0.25) is 4.79 Å². The number of nitrogens with one attached hydrogen (secondary N) is 1. The van der Waals surface area contributed by atoms with Crippen LogP contribution in [-0.2, 0) is 9.59 Å². The fraction of sp³-hybridized carbons (Fsp3) is 0.846. The zero-order valence-electron chi connectivity index (χ0n) is 12.0. The lowest BCUT2D eigenvalue weighted by Gasteiger charge is -2.26. The smallest absolute Gasteiger partial charge is 0.326 e. The third kappa shape index (κ3) is 6.00. The molecule has 0 saturated carbocycles. The van der Waals surface area contributed by atoms with Gasteiger partial charge >= 0.3 is 5.97 Å². The van der Waals surface area contributed by atoms with Gasteiger partial charge in [-0.1, -0.05) is 34.6 Å². The minimum Gasteiger partial charge on any atom is -0.480 e. The fourth-order valence-electron chi connectivity index (χ4n) is 1.81. The monoisotopic (exact) mass is 258 g/mol. The van der Waals surface area contributed by atoms with Gasteiger partial charge < -0.3 is 16.2 Å². The van der Waals surface area contributed by atoms with Gasteiger partial charge in [0, 0.05) is 6.54 Å². The van der Waals surface area contributed by atoms with Crippen LogP contribution < -0.4 is 11.1 Å². The van der Waals surface area contributed by atoms with Gasteiger partial charge in [0.2, 0.25) is 5.91 Å². The van der Waals surface area contributed by atoms with Gasteiger partial charge in [-0.15, -0.1) is 0 Å². The molecule has 0 aromatic heterocycles. The van der Waals surface area contributed by atoms with Gasteiger partial charge in [-0.25, -0.2) is 4.79 Å². The molecule has 2 atom stereocenters. The van der Waals surface area contributed by atoms with Gasteiger partial charge in [0.05, 0.1) is 5.92 Å². The zero-order chi connectivity index (χ0) is 14.5. The number of carboxylic acid groups (broad SMARTS) is 1. The molecular weight excluding hydrogens is 232 g/mol. The van der Waals surface area contributed by atoms with Crippen molar-refractivity contribution in [1.82, 2.24) is 5.32 Å². The van der Waals surface area contributed by atoms with E-state index >= 15 is 0 Å². The normalized spacial score (nSPS) is 15.3. The Morgan fingerprint density at radius 3 is 2.06 bits per heavy atom. The second-order valence-corrected chi connectivity index (χ2v) is 6.27. The maximum Gasteiger partial charge on any atom is 0.326 e. The van der Waals surface area contributed by atoms with E-state index in [0.717, 1.165) is 0 Å². The number of hydrogen-bond acceptors (Lipinski definition) is 3. The molecule has 5 heteroatoms. The molecule has 0 aliphatic heterocycles. The van der Waals surface area contributed by atoms with Crippen molar-refractivity contribution in [3.8, 4) is 0 Å². The summed E-state index contributed by atoms with van der Waals surface area (Å²) in [5.74, 6) is -1.77. The van der Waals surface area contributed by atoms with Crippen molar-refractivity contribution in [3.05, 3.63) is 0 Å². The van der Waals surface area contributed by atoms with Crippen molar-refractivity contribution in [3.63, 3.8) is 0 Å². The molecule has 0 aliphatic rings. The van der Waals surface area contributed by atoms with Crippen molar-refractivity contribution >= 4 is 11.9 Å². The van der Waals surface area contributed by atoms with E-state index in [1.807, 2.05) is 20.8 Å². The lowest BCUT2D eigenvalue weighted by Crippen LogP contribution is -2.48. The third-order valence-electron chi connectivity index (χ3n) is 2.74. The molecule has 0 bridgehead atoms. The second kappa shape index (κ2) is 6.73. The van der Waals surface area contributed by atoms with E-state index in [9.17, 15) is 9.59 Å². The summed E-state index contributed by atoms with van der Waals surface area (Å²) >= 11 is 0. The summed E-state index contributed by atoms with van der Waals surface area (Å²) in [4.78, 5) is 23.0. The minimum absolute atomic E-state index is 0.0159. The van der Waals surface area contributed by atoms with E-state index in [1.165, 1.54) is 0 Å². The molecule has 4 N–H and O–H groups in total. The number of carboxylic acids is 1. The second-order valence-electron chi connectivity index (χ2n) is 6.27. The van der Waals surface area contributed by atoms with Gasteiger partial charge in [-0.2, -0.15) is 0 Å². The number of aliphatic carboxylic acids is 1. The molecule has 0 heterocycles. The number of amides is 1. The van der Waals surface area contributed by atoms with Crippen molar-refractivity contribution in [1.29, 1.82) is 0 Å². The van der Waals surface area contributed by atoms with Crippen molar-refractivity contribution in [2.45, 2.75) is 47.1 Å². The van der Waals surface area contributed by atoms with Crippen LogP contribution in [0.3, 0.4) is 0 Å². The molecule has 0 aromatic carbocycles. The van der Waals surface area contributed by atoms with Crippen LogP contribution in [0.4, 0.5) is 0 Å². The van der Waals surface area contributed by atoms with Crippen LogP contribution in [0, 0.1) is 17.3 Å². The average Bonchev–Trinajstić information content (AvgIpc) is 2.19. The minimum atomic E-state index is -1.01. The Bertz CT molecular complexity index is 295. The van der Waals surface area contributed by atoms with Gasteiger partial charge in [0.15, 0.2) is 0 Å². The Hall–Kier alpha value is -1.10. The largest absolute Gasteiger partial charge is 0.480 e. The molecule has 0 saturated heterocycles. The van der Waals surface area contributed by atoms with Crippen molar-refractivity contribution < 1.29 is 14.7 Å². The molecule has 0 fully saturated rings. The predicted octanol–water partition coefficient (Wildman–Crippen LogP) is 1.22. The molecule has 5 nitrogen and oxygen atoms in total. The Balaban J connectivity index is 4.65. The van der Waals surface area contributed by atoms with Gasteiger partial charge in [0.25, 0.3) is 0 Å². The number of carbonyl (C=O) groups excluding carboxylic acids is 1. The van der Waals surface area contributed by atoms with Crippen LogP contribution in [0.15, 0.2) is 0 Å².